The Hall–Kier alpha value is -2.16. The zero-order valence-corrected chi connectivity index (χ0v) is 12.6. The van der Waals surface area contributed by atoms with Crippen molar-refractivity contribution in [2.45, 2.75) is 32.4 Å². The summed E-state index contributed by atoms with van der Waals surface area (Å²) in [4.78, 5) is 40.1. The molecule has 0 aliphatic heterocycles. The third-order valence-corrected chi connectivity index (χ3v) is 3.77. The van der Waals surface area contributed by atoms with Crippen molar-refractivity contribution in [2.24, 2.45) is 5.73 Å². The first kappa shape index (κ1) is 16.9. The van der Waals surface area contributed by atoms with Gasteiger partial charge in [-0.3, -0.25) is 4.79 Å². The van der Waals surface area contributed by atoms with Crippen LogP contribution in [0, 0.1) is 6.92 Å². The van der Waals surface area contributed by atoms with Gasteiger partial charge in [0.2, 0.25) is 5.91 Å². The van der Waals surface area contributed by atoms with Crippen LogP contribution in [0.3, 0.4) is 0 Å². The van der Waals surface area contributed by atoms with Crippen LogP contribution in [0.1, 0.15) is 23.4 Å². The van der Waals surface area contributed by atoms with Crippen LogP contribution in [0.5, 0.6) is 0 Å². The lowest BCUT2D eigenvalue weighted by atomic mass is 10.1. The number of nitrogens with one attached hydrogen (secondary N) is 1. The van der Waals surface area contributed by atoms with Gasteiger partial charge in [0.15, 0.2) is 0 Å². The van der Waals surface area contributed by atoms with Gasteiger partial charge in [-0.1, -0.05) is 0 Å². The molecule has 1 atom stereocenters. The number of carbonyl (C=O) groups excluding carboxylic acids is 2. The maximum Gasteiger partial charge on any atom is 0.326 e. The number of aromatic nitrogens is 1. The molecule has 1 heterocycles. The van der Waals surface area contributed by atoms with Gasteiger partial charge in [-0.25, -0.2) is 14.6 Å². The zero-order valence-electron chi connectivity index (χ0n) is 11.8. The van der Waals surface area contributed by atoms with E-state index in [-0.39, 0.29) is 12.8 Å². The number of aryl methyl sites for hydroxylation is 1. The molecule has 1 aromatic heterocycles. The van der Waals surface area contributed by atoms with Crippen molar-refractivity contribution >= 4 is 29.2 Å². The molecule has 8 nitrogen and oxygen atoms in total. The maximum absolute atomic E-state index is 12.0. The van der Waals surface area contributed by atoms with Crippen molar-refractivity contribution in [3.8, 4) is 0 Å². The number of carboxylic acids is 1. The fourth-order valence-corrected chi connectivity index (χ4v) is 2.40. The molecule has 0 bridgehead atoms. The summed E-state index contributed by atoms with van der Waals surface area (Å²) in [6.07, 6.45) is -0.140. The molecule has 0 saturated carbocycles. The second kappa shape index (κ2) is 7.58. The van der Waals surface area contributed by atoms with Gasteiger partial charge in [0.1, 0.15) is 6.04 Å². The Bertz CT molecular complexity index is 531. The molecule has 116 valence electrons. The number of urea groups is 1. The first-order valence-electron chi connectivity index (χ1n) is 6.23. The molecule has 1 aromatic rings. The fraction of sp³-hybridized carbons (Fsp3) is 0.500. The van der Waals surface area contributed by atoms with Gasteiger partial charge in [-0.05, 0) is 13.3 Å². The van der Waals surface area contributed by atoms with Gasteiger partial charge in [0.25, 0.3) is 0 Å². The Morgan fingerprint density at radius 3 is 2.67 bits per heavy atom. The predicted molar refractivity (Wildman–Crippen MR) is 76.7 cm³/mol. The largest absolute Gasteiger partial charge is 0.480 e. The van der Waals surface area contributed by atoms with Gasteiger partial charge in [-0.2, -0.15) is 0 Å². The molecule has 1 rings (SSSR count). The molecule has 0 fully saturated rings. The smallest absolute Gasteiger partial charge is 0.326 e. The molecule has 21 heavy (non-hydrogen) atoms. The highest BCUT2D eigenvalue weighted by molar-refractivity contribution is 7.09. The van der Waals surface area contributed by atoms with Crippen LogP contribution in [0.2, 0.25) is 0 Å². The van der Waals surface area contributed by atoms with E-state index in [4.69, 9.17) is 10.8 Å². The second-order valence-corrected chi connectivity index (χ2v) is 5.50. The SMILES string of the molecule is Cc1ncsc1CN(C)C(=O)NC(CCC(N)=O)C(=O)O. The summed E-state index contributed by atoms with van der Waals surface area (Å²) in [6, 6.07) is -1.67. The number of nitrogens with zero attached hydrogens (tertiary/aromatic N) is 2. The molecule has 4 N–H and O–H groups in total. The van der Waals surface area contributed by atoms with Crippen LogP contribution in [0.4, 0.5) is 4.79 Å². The first-order chi connectivity index (χ1) is 9.81. The number of thiazole rings is 1. The van der Waals surface area contributed by atoms with E-state index in [9.17, 15) is 14.4 Å². The van der Waals surface area contributed by atoms with E-state index in [0.29, 0.717) is 6.54 Å². The van der Waals surface area contributed by atoms with Crippen LogP contribution in [-0.2, 0) is 16.1 Å². The molecule has 3 amide bonds. The Balaban J connectivity index is 2.58. The molecule has 0 radical (unpaired) electrons. The van der Waals surface area contributed by atoms with Gasteiger partial charge in [0, 0.05) is 18.3 Å². The minimum Gasteiger partial charge on any atom is -0.480 e. The highest BCUT2D eigenvalue weighted by Gasteiger charge is 2.22. The average molecular weight is 314 g/mol. The normalized spacial score (nSPS) is 11.7. The molecular formula is C12H18N4O4S. The van der Waals surface area contributed by atoms with E-state index in [1.807, 2.05) is 6.92 Å². The number of carbonyl (C=O) groups is 3. The monoisotopic (exact) mass is 314 g/mol. The van der Waals surface area contributed by atoms with Gasteiger partial charge in [-0.15, -0.1) is 11.3 Å². The van der Waals surface area contributed by atoms with E-state index in [0.717, 1.165) is 10.6 Å². The highest BCUT2D eigenvalue weighted by Crippen LogP contribution is 2.14. The van der Waals surface area contributed by atoms with Crippen LogP contribution in [0.15, 0.2) is 5.51 Å². The minimum absolute atomic E-state index is 0.0379. The number of hydrogen-bond acceptors (Lipinski definition) is 5. The molecule has 0 saturated heterocycles. The maximum atomic E-state index is 12.0. The van der Waals surface area contributed by atoms with Crippen molar-refractivity contribution < 1.29 is 19.5 Å². The standard InChI is InChI=1S/C12H18N4O4S/c1-7-9(21-6-14-7)5-16(2)12(20)15-8(11(18)19)3-4-10(13)17/h6,8H,3-5H2,1-2H3,(H2,13,17)(H,15,20)(H,18,19). The average Bonchev–Trinajstić information content (AvgIpc) is 2.79. The molecule has 0 aliphatic rings. The van der Waals surface area contributed by atoms with Crippen molar-refractivity contribution in [1.82, 2.24) is 15.2 Å². The molecule has 9 heteroatoms. The van der Waals surface area contributed by atoms with Crippen LogP contribution < -0.4 is 11.1 Å². The topological polar surface area (TPSA) is 126 Å². The van der Waals surface area contributed by atoms with E-state index >= 15 is 0 Å². The first-order valence-corrected chi connectivity index (χ1v) is 7.11. The molecular weight excluding hydrogens is 296 g/mol. The number of amides is 3. The highest BCUT2D eigenvalue weighted by atomic mass is 32.1. The third kappa shape index (κ3) is 5.38. The summed E-state index contributed by atoms with van der Waals surface area (Å²) in [5, 5.41) is 11.4. The van der Waals surface area contributed by atoms with E-state index in [1.165, 1.54) is 16.2 Å². The summed E-state index contributed by atoms with van der Waals surface area (Å²) < 4.78 is 0. The quantitative estimate of drug-likeness (QED) is 0.668. The zero-order chi connectivity index (χ0) is 16.0. The Kier molecular flexibility index (Phi) is 6.10. The van der Waals surface area contributed by atoms with Crippen LogP contribution in [-0.4, -0.2) is 46.0 Å². The summed E-state index contributed by atoms with van der Waals surface area (Å²) in [7, 11) is 1.56. The van der Waals surface area contributed by atoms with Gasteiger partial charge in [0.05, 0.1) is 17.7 Å². The lowest BCUT2D eigenvalue weighted by molar-refractivity contribution is -0.139. The predicted octanol–water partition coefficient (Wildman–Crippen LogP) is 0.312. The molecule has 1 unspecified atom stereocenters. The molecule has 0 aliphatic carbocycles. The summed E-state index contributed by atoms with van der Waals surface area (Å²) in [5.74, 6) is -1.81. The second-order valence-electron chi connectivity index (χ2n) is 4.56. The lowest BCUT2D eigenvalue weighted by Crippen LogP contribution is -2.46. The number of rotatable bonds is 7. The number of hydrogen-bond donors (Lipinski definition) is 3. The van der Waals surface area contributed by atoms with E-state index in [2.05, 4.69) is 10.3 Å². The molecule has 0 spiro atoms. The van der Waals surface area contributed by atoms with Crippen molar-refractivity contribution in [1.29, 1.82) is 0 Å². The van der Waals surface area contributed by atoms with Crippen LogP contribution in [0.25, 0.3) is 0 Å². The summed E-state index contributed by atoms with van der Waals surface area (Å²) >= 11 is 1.42. The van der Waals surface area contributed by atoms with Crippen molar-refractivity contribution in [3.63, 3.8) is 0 Å². The Morgan fingerprint density at radius 1 is 1.52 bits per heavy atom. The lowest BCUT2D eigenvalue weighted by Gasteiger charge is -2.20. The van der Waals surface area contributed by atoms with Crippen molar-refractivity contribution in [2.75, 3.05) is 7.05 Å². The Labute approximate surface area is 126 Å². The fourth-order valence-electron chi connectivity index (χ4n) is 1.57. The number of carboxylic acid groups (broad SMARTS) is 1. The Morgan fingerprint density at radius 2 is 2.19 bits per heavy atom. The minimum atomic E-state index is -1.20. The van der Waals surface area contributed by atoms with Gasteiger partial charge >= 0.3 is 12.0 Å². The summed E-state index contributed by atoms with van der Waals surface area (Å²) in [6.45, 7) is 2.18. The number of primary amides is 1. The number of aliphatic carboxylic acids is 1. The van der Waals surface area contributed by atoms with Gasteiger partial charge < -0.3 is 21.1 Å². The van der Waals surface area contributed by atoms with Crippen LogP contribution >= 0.6 is 11.3 Å². The van der Waals surface area contributed by atoms with E-state index < -0.39 is 23.9 Å². The van der Waals surface area contributed by atoms with Crippen molar-refractivity contribution in [3.05, 3.63) is 16.1 Å². The summed E-state index contributed by atoms with van der Waals surface area (Å²) in [5.41, 5.74) is 7.50. The molecule has 0 aromatic carbocycles. The number of nitrogens with two attached hydrogens (primary N) is 1. The third-order valence-electron chi connectivity index (χ3n) is 2.85. The van der Waals surface area contributed by atoms with E-state index in [1.54, 1.807) is 12.6 Å².